The van der Waals surface area contributed by atoms with E-state index in [1.165, 1.54) is 6.42 Å². The number of hydrogen-bond acceptors (Lipinski definition) is 5. The molecule has 0 spiro atoms. The predicted molar refractivity (Wildman–Crippen MR) is 128 cm³/mol. The summed E-state index contributed by atoms with van der Waals surface area (Å²) in [5.41, 5.74) is 2.97. The number of ether oxygens (including phenoxy) is 2. The van der Waals surface area contributed by atoms with Gasteiger partial charge < -0.3 is 9.47 Å². The average Bonchev–Trinajstić information content (AvgIpc) is 2.88. The summed E-state index contributed by atoms with van der Waals surface area (Å²) in [6, 6.07) is 20.1. The highest BCUT2D eigenvalue weighted by molar-refractivity contribution is 5.83. The summed E-state index contributed by atoms with van der Waals surface area (Å²) >= 11 is 0. The summed E-state index contributed by atoms with van der Waals surface area (Å²) in [4.78, 5) is 19.9. The minimum Gasteiger partial charge on any atom is -0.454 e. The average molecular weight is 443 g/mol. The number of esters is 1. The lowest BCUT2D eigenvalue weighted by molar-refractivity contribution is -0.162. The van der Waals surface area contributed by atoms with E-state index in [2.05, 4.69) is 28.6 Å². The molecular formula is C28H30N2O3. The first-order chi connectivity index (χ1) is 16.2. The van der Waals surface area contributed by atoms with Gasteiger partial charge in [-0.15, -0.1) is 6.58 Å². The quantitative estimate of drug-likeness (QED) is 0.366. The predicted octanol–water partition coefficient (Wildman–Crippen LogP) is 4.93. The fourth-order valence-corrected chi connectivity index (χ4v) is 5.41. The van der Waals surface area contributed by atoms with Crippen LogP contribution in [0.5, 0.6) is 0 Å². The zero-order chi connectivity index (χ0) is 22.6. The molecule has 0 N–H and O–H groups in total. The van der Waals surface area contributed by atoms with Crippen molar-refractivity contribution in [1.82, 2.24) is 9.88 Å². The summed E-state index contributed by atoms with van der Waals surface area (Å²) in [6.45, 7) is 6.36. The Morgan fingerprint density at radius 2 is 1.97 bits per heavy atom. The summed E-state index contributed by atoms with van der Waals surface area (Å²) in [5, 5.41) is 1.03. The Bertz CT molecular complexity index is 1110. The molecule has 3 fully saturated rings. The van der Waals surface area contributed by atoms with Crippen molar-refractivity contribution in [1.29, 1.82) is 0 Å². The van der Waals surface area contributed by atoms with Gasteiger partial charge in [-0.25, -0.2) is 4.79 Å². The van der Waals surface area contributed by atoms with E-state index >= 15 is 0 Å². The maximum absolute atomic E-state index is 12.9. The van der Waals surface area contributed by atoms with Crippen LogP contribution < -0.4 is 0 Å². The van der Waals surface area contributed by atoms with Crippen LogP contribution in [0.2, 0.25) is 0 Å². The third kappa shape index (κ3) is 4.70. The van der Waals surface area contributed by atoms with Gasteiger partial charge in [-0.1, -0.05) is 54.6 Å². The number of piperidine rings is 3. The Kier molecular flexibility index (Phi) is 6.51. The van der Waals surface area contributed by atoms with Gasteiger partial charge in [0.2, 0.25) is 0 Å². The fourth-order valence-electron chi connectivity index (χ4n) is 5.41. The zero-order valence-electron chi connectivity index (χ0n) is 18.8. The first-order valence-electron chi connectivity index (χ1n) is 11.7. The highest BCUT2D eigenvalue weighted by Crippen LogP contribution is 2.43. The number of pyridine rings is 1. The molecule has 5 nitrogen and oxygen atoms in total. The van der Waals surface area contributed by atoms with Gasteiger partial charge in [-0.2, -0.15) is 0 Å². The van der Waals surface area contributed by atoms with Gasteiger partial charge in [-0.3, -0.25) is 9.88 Å². The highest BCUT2D eigenvalue weighted by Gasteiger charge is 2.44. The van der Waals surface area contributed by atoms with Gasteiger partial charge in [0.05, 0.1) is 18.2 Å². The van der Waals surface area contributed by atoms with E-state index in [4.69, 9.17) is 9.47 Å². The van der Waals surface area contributed by atoms with Crippen molar-refractivity contribution >= 4 is 16.9 Å². The molecule has 0 amide bonds. The molecule has 5 heteroatoms. The second-order valence-corrected chi connectivity index (χ2v) is 9.05. The molecule has 3 saturated heterocycles. The summed E-state index contributed by atoms with van der Waals surface area (Å²) in [7, 11) is 0. The molecule has 2 bridgehead atoms. The van der Waals surface area contributed by atoms with Gasteiger partial charge in [0, 0.05) is 23.7 Å². The largest absolute Gasteiger partial charge is 0.454 e. The lowest BCUT2D eigenvalue weighted by atomic mass is 9.73. The number of benzene rings is 2. The van der Waals surface area contributed by atoms with Gasteiger partial charge in [0.1, 0.15) is 12.7 Å². The molecule has 1 unspecified atom stereocenters. The maximum Gasteiger partial charge on any atom is 0.332 e. The molecule has 0 radical (unpaired) electrons. The maximum atomic E-state index is 12.9. The summed E-state index contributed by atoms with van der Waals surface area (Å²) in [6.07, 6.45) is 5.71. The van der Waals surface area contributed by atoms with E-state index in [-0.39, 0.29) is 24.7 Å². The SMILES string of the molecule is C=C[C@H]1CN2CC[C@@H]1C[C@H]2[C@H](OC(=O)COCc1ccccc1)c1ccnc2ccccc12. The normalized spacial score (nSPS) is 25.0. The number of aromatic nitrogens is 1. The first-order valence-corrected chi connectivity index (χ1v) is 11.7. The van der Waals surface area contributed by atoms with Crippen LogP contribution in [-0.2, 0) is 20.9 Å². The van der Waals surface area contributed by atoms with E-state index < -0.39 is 0 Å². The van der Waals surface area contributed by atoms with Crippen LogP contribution in [0.25, 0.3) is 10.9 Å². The molecule has 33 heavy (non-hydrogen) atoms. The Labute approximate surface area is 195 Å². The Balaban J connectivity index is 1.37. The van der Waals surface area contributed by atoms with Gasteiger partial charge in [-0.05, 0) is 48.9 Å². The Hall–Kier alpha value is -3.02. The number of fused-ring (bicyclic) bond motifs is 4. The minimum atomic E-state index is -0.362. The van der Waals surface area contributed by atoms with Crippen molar-refractivity contribution in [3.05, 3.63) is 90.6 Å². The second kappa shape index (κ2) is 9.86. The molecule has 6 rings (SSSR count). The molecule has 4 heterocycles. The molecule has 3 aliphatic rings. The zero-order valence-corrected chi connectivity index (χ0v) is 18.8. The molecule has 3 aliphatic heterocycles. The molecule has 170 valence electrons. The minimum absolute atomic E-state index is 0.0696. The van der Waals surface area contributed by atoms with Crippen LogP contribution in [-0.4, -0.2) is 41.6 Å². The van der Waals surface area contributed by atoms with Crippen LogP contribution in [0.15, 0.2) is 79.5 Å². The molecule has 1 aromatic heterocycles. The number of para-hydroxylation sites is 1. The fraction of sp³-hybridized carbons (Fsp3) is 0.357. The van der Waals surface area contributed by atoms with Gasteiger partial charge >= 0.3 is 5.97 Å². The summed E-state index contributed by atoms with van der Waals surface area (Å²) in [5.74, 6) is 0.760. The van der Waals surface area contributed by atoms with Gasteiger partial charge in [0.25, 0.3) is 0 Å². The topological polar surface area (TPSA) is 51.7 Å². The van der Waals surface area contributed by atoms with E-state index in [0.29, 0.717) is 18.4 Å². The van der Waals surface area contributed by atoms with E-state index in [1.807, 2.05) is 60.8 Å². The second-order valence-electron chi connectivity index (χ2n) is 9.05. The van der Waals surface area contributed by atoms with Crippen molar-refractivity contribution in [3.63, 3.8) is 0 Å². The van der Waals surface area contributed by atoms with Crippen LogP contribution in [0.4, 0.5) is 0 Å². The molecule has 3 aromatic rings. The highest BCUT2D eigenvalue weighted by atomic mass is 16.6. The number of carbonyl (C=O) groups excluding carboxylic acids is 1. The van der Waals surface area contributed by atoms with Crippen molar-refractivity contribution in [2.75, 3.05) is 19.7 Å². The number of nitrogens with zero attached hydrogens (tertiary/aromatic N) is 2. The molecular weight excluding hydrogens is 412 g/mol. The smallest absolute Gasteiger partial charge is 0.332 e. The van der Waals surface area contributed by atoms with Crippen molar-refractivity contribution in [3.8, 4) is 0 Å². The Morgan fingerprint density at radius 3 is 2.76 bits per heavy atom. The third-order valence-electron chi connectivity index (χ3n) is 7.08. The monoisotopic (exact) mass is 442 g/mol. The lowest BCUT2D eigenvalue weighted by Crippen LogP contribution is -2.55. The number of carbonyl (C=O) groups is 1. The van der Waals surface area contributed by atoms with Crippen molar-refractivity contribution in [2.45, 2.75) is 31.6 Å². The third-order valence-corrected chi connectivity index (χ3v) is 7.08. The standard InChI is InChI=1S/C28H30N2O3/c1-2-21-17-30-15-13-22(21)16-26(30)28(24-12-14-29-25-11-7-6-10-23(24)25)33-27(31)19-32-18-20-8-4-3-5-9-20/h2-12,14,21-22,26,28H,1,13,15-19H2/t21-,22+,26-,28+/m0/s1. The molecule has 0 aliphatic carbocycles. The molecule has 0 saturated carbocycles. The van der Waals surface area contributed by atoms with E-state index in [9.17, 15) is 4.79 Å². The van der Waals surface area contributed by atoms with Crippen molar-refractivity contribution in [2.24, 2.45) is 11.8 Å². The first kappa shape index (κ1) is 21.8. The Morgan fingerprint density at radius 1 is 1.15 bits per heavy atom. The molecule has 2 aromatic carbocycles. The number of hydrogen-bond donors (Lipinski definition) is 0. The van der Waals surface area contributed by atoms with Crippen LogP contribution >= 0.6 is 0 Å². The lowest BCUT2D eigenvalue weighted by Gasteiger charge is -2.51. The van der Waals surface area contributed by atoms with Crippen LogP contribution in [0.1, 0.15) is 30.1 Å². The van der Waals surface area contributed by atoms with Crippen molar-refractivity contribution < 1.29 is 14.3 Å². The van der Waals surface area contributed by atoms with Gasteiger partial charge in [0.15, 0.2) is 0 Å². The molecule has 5 atom stereocenters. The van der Waals surface area contributed by atoms with E-state index in [0.717, 1.165) is 41.5 Å². The van der Waals surface area contributed by atoms with Crippen LogP contribution in [0, 0.1) is 11.8 Å². The number of rotatable bonds is 8. The van der Waals surface area contributed by atoms with Crippen LogP contribution in [0.3, 0.4) is 0 Å². The summed E-state index contributed by atoms with van der Waals surface area (Å²) < 4.78 is 11.9. The van der Waals surface area contributed by atoms with E-state index in [1.54, 1.807) is 0 Å².